The van der Waals surface area contributed by atoms with Gasteiger partial charge in [-0.3, -0.25) is 9.88 Å². The topological polar surface area (TPSA) is 107 Å². The van der Waals surface area contributed by atoms with Crippen molar-refractivity contribution in [1.29, 1.82) is 5.26 Å². The lowest BCUT2D eigenvalue weighted by atomic mass is 9.94. The van der Waals surface area contributed by atoms with Gasteiger partial charge in [-0.1, -0.05) is 0 Å². The van der Waals surface area contributed by atoms with Gasteiger partial charge < -0.3 is 20.3 Å². The highest BCUT2D eigenvalue weighted by molar-refractivity contribution is 7.23. The summed E-state index contributed by atoms with van der Waals surface area (Å²) in [6.45, 7) is 7.38. The quantitative estimate of drug-likeness (QED) is 0.398. The molecule has 2 fully saturated rings. The summed E-state index contributed by atoms with van der Waals surface area (Å²) < 4.78 is 37.2. The highest BCUT2D eigenvalue weighted by Crippen LogP contribution is 2.45. The van der Waals surface area contributed by atoms with E-state index in [-0.39, 0.29) is 50.6 Å². The Morgan fingerprint density at radius 1 is 1.12 bits per heavy atom. The van der Waals surface area contributed by atoms with E-state index in [1.54, 1.807) is 6.20 Å². The number of hydrogen-bond acceptors (Lipinski definition) is 10. The van der Waals surface area contributed by atoms with E-state index in [1.807, 2.05) is 6.07 Å². The molecule has 2 atom stereocenters. The third-order valence-electron chi connectivity index (χ3n) is 8.53. The fraction of sp³-hybridized carbons (Fsp3) is 0.429. The normalized spacial score (nSPS) is 21.9. The van der Waals surface area contributed by atoms with Crippen molar-refractivity contribution in [2.75, 3.05) is 50.4 Å². The maximum atomic E-state index is 16.6. The number of hydrogen-bond donors (Lipinski definition) is 1. The van der Waals surface area contributed by atoms with Gasteiger partial charge in [-0.15, -0.1) is 11.3 Å². The van der Waals surface area contributed by atoms with Crippen LogP contribution in [0.4, 0.5) is 19.7 Å². The van der Waals surface area contributed by atoms with E-state index in [1.165, 1.54) is 0 Å². The minimum atomic E-state index is -0.603. The predicted octanol–water partition coefficient (Wildman–Crippen LogP) is 3.88. The molecule has 2 N–H and O–H groups in total. The molecule has 0 saturated carbocycles. The first-order valence-electron chi connectivity index (χ1n) is 13.4. The molecule has 0 unspecified atom stereocenters. The average Bonchev–Trinajstić information content (AvgIpc) is 3.69. The van der Waals surface area contributed by atoms with E-state index in [0.717, 1.165) is 62.2 Å². The summed E-state index contributed by atoms with van der Waals surface area (Å²) in [5.41, 5.74) is 8.05. The van der Waals surface area contributed by atoms with Crippen LogP contribution in [0, 0.1) is 23.0 Å². The van der Waals surface area contributed by atoms with Gasteiger partial charge in [0.2, 0.25) is 5.95 Å². The molecule has 3 aliphatic heterocycles. The Kier molecular flexibility index (Phi) is 6.08. The maximum Gasteiger partial charge on any atom is 0.226 e. The number of nitrogens with two attached hydrogens (primary N) is 1. The van der Waals surface area contributed by atoms with Gasteiger partial charge in [0.1, 0.15) is 16.6 Å². The number of ether oxygens (including phenoxy) is 1. The number of piperazine rings is 1. The lowest BCUT2D eigenvalue weighted by Gasteiger charge is -2.41. The van der Waals surface area contributed by atoms with E-state index in [9.17, 15) is 9.65 Å². The molecule has 9 nitrogen and oxygen atoms in total. The van der Waals surface area contributed by atoms with Crippen LogP contribution in [0.15, 0.2) is 12.4 Å². The van der Waals surface area contributed by atoms with Gasteiger partial charge in [-0.05, 0) is 31.5 Å². The first kappa shape index (κ1) is 25.5. The molecule has 4 aromatic rings. The van der Waals surface area contributed by atoms with Gasteiger partial charge in [-0.2, -0.15) is 5.26 Å². The Morgan fingerprint density at radius 3 is 2.75 bits per heavy atom. The number of nitrogen functional groups attached to an aromatic ring is 1. The molecule has 206 valence electrons. The largest absolute Gasteiger partial charge is 0.389 e. The fourth-order valence-corrected chi connectivity index (χ4v) is 7.50. The predicted molar refractivity (Wildman–Crippen MR) is 150 cm³/mol. The van der Waals surface area contributed by atoms with Crippen LogP contribution in [0.2, 0.25) is 0 Å². The number of nitriles is 1. The third kappa shape index (κ3) is 3.83. The average molecular weight is 563 g/mol. The number of rotatable bonds is 3. The number of fused-ring (bicyclic) bond motifs is 4. The molecule has 0 radical (unpaired) electrons. The molecule has 1 aromatic carbocycles. The summed E-state index contributed by atoms with van der Waals surface area (Å²) >= 11 is 0.961. The lowest BCUT2D eigenvalue weighted by molar-refractivity contribution is 0.0686. The zero-order valence-electron chi connectivity index (χ0n) is 22.2. The van der Waals surface area contributed by atoms with Gasteiger partial charge in [-0.25, -0.2) is 18.7 Å². The summed E-state index contributed by atoms with van der Waals surface area (Å²) in [4.78, 5) is 20.7. The SMILES string of the molecule is C[C@@H]1CN(C)CCN1[C@@H]1CCN(c2ncc3c4c(c(-c5ncc(F)c6sc(N)c(C#N)c56)c(F)c3n2)COC4)C1. The lowest BCUT2D eigenvalue weighted by Crippen LogP contribution is -2.54. The van der Waals surface area contributed by atoms with Crippen molar-refractivity contribution < 1.29 is 13.5 Å². The Bertz CT molecular complexity index is 1720. The van der Waals surface area contributed by atoms with Crippen molar-refractivity contribution in [3.8, 4) is 17.3 Å². The number of nitrogens with zero attached hydrogens (tertiary/aromatic N) is 7. The first-order chi connectivity index (χ1) is 19.4. The highest BCUT2D eigenvalue weighted by Gasteiger charge is 2.35. The van der Waals surface area contributed by atoms with Gasteiger partial charge in [0.05, 0.1) is 35.4 Å². The number of aromatic nitrogens is 3. The van der Waals surface area contributed by atoms with Crippen LogP contribution in [-0.4, -0.2) is 76.6 Å². The summed E-state index contributed by atoms with van der Waals surface area (Å²) in [7, 11) is 2.16. The third-order valence-corrected chi connectivity index (χ3v) is 9.56. The standard InChI is InChI=1S/C28H28F2N8OS/c1-14-10-36(2)5-6-38(14)15-3-4-37(11-15)28-34-8-17-18-12-39-13-19(18)21(23(30)24(17)35-28)25-22-16(7-31)27(32)40-26(22)20(29)9-33-25/h8-9,14-15H,3-6,10-13,32H2,1-2H3/t14-,15-/m1/s1. The number of likely N-dealkylation sites (N-methyl/N-ethyl adjacent to an activating group) is 1. The second-order valence-corrected chi connectivity index (χ2v) is 12.0. The van der Waals surface area contributed by atoms with Gasteiger partial charge in [0.15, 0.2) is 11.6 Å². The van der Waals surface area contributed by atoms with Crippen LogP contribution < -0.4 is 10.6 Å². The number of benzene rings is 1. The minimum Gasteiger partial charge on any atom is -0.389 e. The van der Waals surface area contributed by atoms with Crippen molar-refractivity contribution in [2.24, 2.45) is 0 Å². The summed E-state index contributed by atoms with van der Waals surface area (Å²) in [6.07, 6.45) is 3.73. The molecule has 7 rings (SSSR count). The number of thiophene rings is 1. The minimum absolute atomic E-state index is 0.0961. The Labute approximate surface area is 233 Å². The van der Waals surface area contributed by atoms with Gasteiger partial charge >= 0.3 is 0 Å². The molecule has 6 heterocycles. The summed E-state index contributed by atoms with van der Waals surface area (Å²) in [5, 5.41) is 10.8. The van der Waals surface area contributed by atoms with Crippen molar-refractivity contribution in [2.45, 2.75) is 38.6 Å². The van der Waals surface area contributed by atoms with Gasteiger partial charge in [0, 0.05) is 67.3 Å². The molecular weight excluding hydrogens is 534 g/mol. The monoisotopic (exact) mass is 562 g/mol. The molecule has 0 spiro atoms. The van der Waals surface area contributed by atoms with Gasteiger partial charge in [0.25, 0.3) is 0 Å². The zero-order chi connectivity index (χ0) is 27.7. The fourth-order valence-electron chi connectivity index (χ4n) is 6.58. The smallest absolute Gasteiger partial charge is 0.226 e. The van der Waals surface area contributed by atoms with Crippen LogP contribution in [-0.2, 0) is 18.0 Å². The van der Waals surface area contributed by atoms with Crippen LogP contribution in [0.5, 0.6) is 0 Å². The Balaban J connectivity index is 1.33. The van der Waals surface area contributed by atoms with Crippen LogP contribution in [0.1, 0.15) is 30.0 Å². The number of anilines is 2. The first-order valence-corrected chi connectivity index (χ1v) is 14.2. The van der Waals surface area contributed by atoms with Crippen molar-refractivity contribution in [1.82, 2.24) is 24.8 Å². The zero-order valence-corrected chi connectivity index (χ0v) is 23.1. The molecule has 12 heteroatoms. The molecule has 0 amide bonds. The Hall–Kier alpha value is -3.50. The van der Waals surface area contributed by atoms with Crippen molar-refractivity contribution in [3.63, 3.8) is 0 Å². The van der Waals surface area contributed by atoms with E-state index in [0.29, 0.717) is 29.0 Å². The Morgan fingerprint density at radius 2 is 1.95 bits per heavy atom. The second kappa shape index (κ2) is 9.55. The summed E-state index contributed by atoms with van der Waals surface area (Å²) in [6, 6.07) is 2.91. The second-order valence-electron chi connectivity index (χ2n) is 10.9. The van der Waals surface area contributed by atoms with E-state index >= 15 is 4.39 Å². The van der Waals surface area contributed by atoms with Crippen LogP contribution >= 0.6 is 11.3 Å². The maximum absolute atomic E-state index is 16.6. The van der Waals surface area contributed by atoms with Crippen molar-refractivity contribution in [3.05, 3.63) is 40.7 Å². The van der Waals surface area contributed by atoms with E-state index in [2.05, 4.69) is 38.6 Å². The van der Waals surface area contributed by atoms with E-state index in [4.69, 9.17) is 15.5 Å². The van der Waals surface area contributed by atoms with Crippen molar-refractivity contribution >= 4 is 43.3 Å². The number of pyridine rings is 1. The molecule has 2 saturated heterocycles. The molecule has 40 heavy (non-hydrogen) atoms. The van der Waals surface area contributed by atoms with E-state index < -0.39 is 11.6 Å². The summed E-state index contributed by atoms with van der Waals surface area (Å²) in [5.74, 6) is -0.704. The highest BCUT2D eigenvalue weighted by atomic mass is 32.1. The molecule has 3 aliphatic rings. The molecule has 3 aromatic heterocycles. The molecule has 0 aliphatic carbocycles. The van der Waals surface area contributed by atoms with Crippen LogP contribution in [0.3, 0.4) is 0 Å². The molecule has 0 bridgehead atoms. The van der Waals surface area contributed by atoms with Crippen LogP contribution in [0.25, 0.3) is 32.2 Å². The number of halogens is 2. The molecular formula is C28H28F2N8OS.